The van der Waals surface area contributed by atoms with Gasteiger partial charge in [0.25, 0.3) is 0 Å². The molecule has 1 aromatic heterocycles. The highest BCUT2D eigenvalue weighted by molar-refractivity contribution is 6.10. The molecular formula is C33H26N2O. The van der Waals surface area contributed by atoms with Gasteiger partial charge in [-0.1, -0.05) is 80.6 Å². The second-order valence-corrected chi connectivity index (χ2v) is 10.1. The van der Waals surface area contributed by atoms with Crippen LogP contribution in [0, 0.1) is 0 Å². The molecule has 2 N–H and O–H groups in total. The summed E-state index contributed by atoms with van der Waals surface area (Å²) >= 11 is 0. The van der Waals surface area contributed by atoms with Crippen LogP contribution in [0.3, 0.4) is 0 Å². The summed E-state index contributed by atoms with van der Waals surface area (Å²) in [4.78, 5) is 0. The Kier molecular flexibility index (Phi) is 4.42. The van der Waals surface area contributed by atoms with Gasteiger partial charge in [-0.25, -0.2) is 0 Å². The van der Waals surface area contributed by atoms with E-state index in [2.05, 4.69) is 121 Å². The number of para-hydroxylation sites is 2. The molecule has 0 fully saturated rings. The fraction of sp³-hybridized carbons (Fsp3) is 0.0909. The molecule has 7 rings (SSSR count). The van der Waals surface area contributed by atoms with E-state index >= 15 is 0 Å². The molecular weight excluding hydrogens is 440 g/mol. The first kappa shape index (κ1) is 21.0. The summed E-state index contributed by atoms with van der Waals surface area (Å²) in [6, 6.07) is 38.8. The Balaban J connectivity index is 1.43. The zero-order chi connectivity index (χ0) is 24.4. The number of rotatable bonds is 3. The highest BCUT2D eigenvalue weighted by atomic mass is 16.5. The number of anilines is 1. The Morgan fingerprint density at radius 2 is 1.36 bits per heavy atom. The average Bonchev–Trinajstić information content (AvgIpc) is 3.38. The van der Waals surface area contributed by atoms with E-state index in [1.54, 1.807) is 0 Å². The number of nitrogens with zero attached hydrogens (tertiary/aromatic N) is 1. The van der Waals surface area contributed by atoms with E-state index in [1.165, 1.54) is 55.3 Å². The quantitative estimate of drug-likeness (QED) is 0.256. The normalized spacial score (nSPS) is 13.6. The highest BCUT2D eigenvalue weighted by Gasteiger charge is 2.37. The lowest BCUT2D eigenvalue weighted by Crippen LogP contribution is -2.15. The standard InChI is InChI=1S/C33H26N2O/c1-33(2)27-12-8-13-29(34-36)32(27)25-17-15-22(20-28(25)33)21-16-18-31-26(19-21)24-11-6-7-14-30(24)35(31)23-9-4-3-5-10-23/h3-20,34,36H,1-2H3. The molecule has 0 radical (unpaired) electrons. The van der Waals surface area contributed by atoms with Crippen molar-refractivity contribution in [3.63, 3.8) is 0 Å². The van der Waals surface area contributed by atoms with Crippen molar-refractivity contribution in [2.24, 2.45) is 0 Å². The van der Waals surface area contributed by atoms with Crippen LogP contribution >= 0.6 is 0 Å². The molecule has 174 valence electrons. The Morgan fingerprint density at radius 3 is 2.19 bits per heavy atom. The number of benzene rings is 5. The van der Waals surface area contributed by atoms with Crippen LogP contribution < -0.4 is 5.48 Å². The van der Waals surface area contributed by atoms with Crippen LogP contribution in [-0.2, 0) is 5.41 Å². The molecule has 0 bridgehead atoms. The fourth-order valence-electron chi connectivity index (χ4n) is 6.07. The van der Waals surface area contributed by atoms with Gasteiger partial charge >= 0.3 is 0 Å². The molecule has 1 aliphatic carbocycles. The van der Waals surface area contributed by atoms with E-state index in [0.717, 1.165) is 11.3 Å². The van der Waals surface area contributed by atoms with Crippen molar-refractivity contribution in [3.05, 3.63) is 120 Å². The molecule has 3 nitrogen and oxygen atoms in total. The molecule has 3 heteroatoms. The third kappa shape index (κ3) is 2.84. The van der Waals surface area contributed by atoms with Crippen LogP contribution in [-0.4, -0.2) is 9.77 Å². The van der Waals surface area contributed by atoms with Gasteiger partial charge in [-0.15, -0.1) is 0 Å². The minimum atomic E-state index is -0.152. The third-order valence-electron chi connectivity index (χ3n) is 7.84. The van der Waals surface area contributed by atoms with Crippen LogP contribution in [0.4, 0.5) is 5.69 Å². The summed E-state index contributed by atoms with van der Waals surface area (Å²) in [6.07, 6.45) is 0. The Labute approximate surface area is 210 Å². The molecule has 0 unspecified atom stereocenters. The second kappa shape index (κ2) is 7.58. The van der Waals surface area contributed by atoms with Gasteiger partial charge in [0, 0.05) is 27.4 Å². The van der Waals surface area contributed by atoms with Crippen LogP contribution in [0.5, 0.6) is 0 Å². The van der Waals surface area contributed by atoms with Crippen molar-refractivity contribution in [1.82, 2.24) is 4.57 Å². The van der Waals surface area contributed by atoms with Crippen molar-refractivity contribution in [2.45, 2.75) is 19.3 Å². The van der Waals surface area contributed by atoms with Crippen molar-refractivity contribution in [2.75, 3.05) is 5.48 Å². The Hall–Kier alpha value is -4.34. The molecule has 0 saturated carbocycles. The smallest absolute Gasteiger partial charge is 0.0683 e. The minimum Gasteiger partial charge on any atom is -0.309 e. The van der Waals surface area contributed by atoms with Crippen molar-refractivity contribution in [3.8, 4) is 27.9 Å². The highest BCUT2D eigenvalue weighted by Crippen LogP contribution is 2.52. The number of hydrogen-bond donors (Lipinski definition) is 2. The van der Waals surface area contributed by atoms with Gasteiger partial charge in [0.1, 0.15) is 0 Å². The lowest BCUT2D eigenvalue weighted by Gasteiger charge is -2.22. The molecule has 0 saturated heterocycles. The first-order valence-corrected chi connectivity index (χ1v) is 12.4. The molecule has 0 amide bonds. The largest absolute Gasteiger partial charge is 0.309 e. The summed E-state index contributed by atoms with van der Waals surface area (Å²) in [7, 11) is 0. The van der Waals surface area contributed by atoms with Crippen molar-refractivity contribution < 1.29 is 5.21 Å². The number of hydrogen-bond acceptors (Lipinski definition) is 2. The summed E-state index contributed by atoms with van der Waals surface area (Å²) in [5.41, 5.74) is 13.8. The summed E-state index contributed by atoms with van der Waals surface area (Å²) in [6.45, 7) is 4.53. The number of fused-ring (bicyclic) bond motifs is 6. The molecule has 0 aliphatic heterocycles. The molecule has 5 aromatic carbocycles. The van der Waals surface area contributed by atoms with E-state index in [4.69, 9.17) is 0 Å². The molecule has 36 heavy (non-hydrogen) atoms. The number of aromatic nitrogens is 1. The van der Waals surface area contributed by atoms with Gasteiger partial charge in [0.15, 0.2) is 0 Å². The van der Waals surface area contributed by atoms with E-state index in [1.807, 2.05) is 12.1 Å². The maximum atomic E-state index is 9.75. The second-order valence-electron chi connectivity index (χ2n) is 10.1. The van der Waals surface area contributed by atoms with Crippen LogP contribution in [0.15, 0.2) is 109 Å². The van der Waals surface area contributed by atoms with Crippen LogP contribution in [0.1, 0.15) is 25.0 Å². The molecule has 0 atom stereocenters. The van der Waals surface area contributed by atoms with E-state index in [9.17, 15) is 5.21 Å². The van der Waals surface area contributed by atoms with Crippen molar-refractivity contribution in [1.29, 1.82) is 0 Å². The lowest BCUT2D eigenvalue weighted by molar-refractivity contribution is 0.389. The van der Waals surface area contributed by atoms with E-state index in [0.29, 0.717) is 0 Å². The predicted molar refractivity (Wildman–Crippen MR) is 149 cm³/mol. The van der Waals surface area contributed by atoms with Gasteiger partial charge in [-0.2, -0.15) is 0 Å². The SMILES string of the molecule is CC1(C)c2cc(-c3ccc4c(c3)c3ccccc3n4-c3ccccc3)ccc2-c2c(NO)cccc21. The average molecular weight is 467 g/mol. The monoisotopic (exact) mass is 466 g/mol. The van der Waals surface area contributed by atoms with Crippen LogP contribution in [0.2, 0.25) is 0 Å². The maximum absolute atomic E-state index is 9.75. The summed E-state index contributed by atoms with van der Waals surface area (Å²) < 4.78 is 2.35. The zero-order valence-corrected chi connectivity index (χ0v) is 20.3. The predicted octanol–water partition coefficient (Wildman–Crippen LogP) is 8.56. The zero-order valence-electron chi connectivity index (χ0n) is 20.3. The summed E-state index contributed by atoms with van der Waals surface area (Å²) in [5.74, 6) is 0. The fourth-order valence-corrected chi connectivity index (χ4v) is 6.07. The van der Waals surface area contributed by atoms with Gasteiger partial charge in [-0.3, -0.25) is 10.7 Å². The summed E-state index contributed by atoms with van der Waals surface area (Å²) in [5, 5.41) is 12.3. The van der Waals surface area contributed by atoms with Gasteiger partial charge < -0.3 is 4.57 Å². The van der Waals surface area contributed by atoms with Crippen molar-refractivity contribution >= 4 is 27.5 Å². The Morgan fingerprint density at radius 1 is 0.639 bits per heavy atom. The first-order valence-electron chi connectivity index (χ1n) is 12.4. The molecule has 0 spiro atoms. The molecule has 1 heterocycles. The molecule has 1 aliphatic rings. The lowest BCUT2D eigenvalue weighted by atomic mass is 9.81. The molecule has 6 aromatic rings. The number of nitrogens with one attached hydrogen (secondary N) is 1. The van der Waals surface area contributed by atoms with Gasteiger partial charge in [0.2, 0.25) is 0 Å². The first-order chi connectivity index (χ1) is 17.6. The maximum Gasteiger partial charge on any atom is 0.0683 e. The van der Waals surface area contributed by atoms with Crippen LogP contribution in [0.25, 0.3) is 49.7 Å². The Bertz CT molecular complexity index is 1790. The van der Waals surface area contributed by atoms with Gasteiger partial charge in [0.05, 0.1) is 16.7 Å². The van der Waals surface area contributed by atoms with E-state index < -0.39 is 0 Å². The van der Waals surface area contributed by atoms with E-state index in [-0.39, 0.29) is 5.41 Å². The van der Waals surface area contributed by atoms with Gasteiger partial charge in [-0.05, 0) is 70.3 Å². The minimum absolute atomic E-state index is 0.152. The third-order valence-corrected chi connectivity index (χ3v) is 7.84. The topological polar surface area (TPSA) is 37.2 Å².